The van der Waals surface area contributed by atoms with Gasteiger partial charge in [0.05, 0.1) is 16.3 Å². The maximum absolute atomic E-state index is 13.4. The molecule has 3 N–H and O–H groups in total. The van der Waals surface area contributed by atoms with Gasteiger partial charge in [-0.15, -0.1) is 0 Å². The summed E-state index contributed by atoms with van der Waals surface area (Å²) in [7, 11) is -3.90. The zero-order valence-electron chi connectivity index (χ0n) is 29.8. The number of benzene rings is 3. The fourth-order valence-electron chi connectivity index (χ4n) is 6.12. The summed E-state index contributed by atoms with van der Waals surface area (Å²) in [5.41, 5.74) is 1.30. The Bertz CT molecular complexity index is 1810. The van der Waals surface area contributed by atoms with Crippen molar-refractivity contribution in [2.75, 3.05) is 29.9 Å². The molecule has 3 aromatic carbocycles. The summed E-state index contributed by atoms with van der Waals surface area (Å²) in [5.74, 6) is -0.578. The number of phenols is 1. The van der Waals surface area contributed by atoms with Crippen molar-refractivity contribution in [3.8, 4) is 11.5 Å². The number of anilines is 2. The van der Waals surface area contributed by atoms with E-state index in [1.54, 1.807) is 60.7 Å². The second-order valence-electron chi connectivity index (χ2n) is 13.1. The molecule has 0 radical (unpaired) electrons. The number of carboxylic acids is 1. The Kier molecular flexibility index (Phi) is 14.7. The number of phenolic OH excluding ortho intramolecular Hbond substituents is 1. The maximum atomic E-state index is 13.4. The van der Waals surface area contributed by atoms with Crippen LogP contribution in [0.15, 0.2) is 83.8 Å². The molecule has 2 heterocycles. The first-order valence-corrected chi connectivity index (χ1v) is 19.5. The van der Waals surface area contributed by atoms with Gasteiger partial charge in [-0.2, -0.15) is 13.2 Å². The Hall–Kier alpha value is -4.39. The highest BCUT2D eigenvalue weighted by Gasteiger charge is 2.38. The van der Waals surface area contributed by atoms with Crippen LogP contribution in [0, 0.1) is 5.92 Å². The number of carbonyl (C=O) groups is 1. The lowest BCUT2D eigenvalue weighted by Crippen LogP contribution is -2.38. The quantitative estimate of drug-likeness (QED) is 0.0971. The lowest BCUT2D eigenvalue weighted by atomic mass is 9.97. The SMILES string of the molecule is CCCCCCCCCCNc1ccc(OC(C)C(F)(F)F)cc1.O=C(O)C1CCN(c2cc3c(O)cccc3n2S(=O)(=O)c2ccccc2)CC1. The molecule has 52 heavy (non-hydrogen) atoms. The van der Waals surface area contributed by atoms with Crippen LogP contribution in [0.3, 0.4) is 0 Å². The predicted molar refractivity (Wildman–Crippen MR) is 199 cm³/mol. The van der Waals surface area contributed by atoms with Gasteiger partial charge in [0.2, 0.25) is 0 Å². The number of nitrogens with zero attached hydrogens (tertiary/aromatic N) is 2. The van der Waals surface area contributed by atoms with E-state index in [1.807, 2.05) is 4.90 Å². The summed E-state index contributed by atoms with van der Waals surface area (Å²) in [6, 6.07) is 21.2. The number of hydrogen-bond donors (Lipinski definition) is 3. The zero-order valence-corrected chi connectivity index (χ0v) is 30.6. The first kappa shape index (κ1) is 40.4. The number of unbranched alkanes of at least 4 members (excludes halogenated alkanes) is 7. The van der Waals surface area contributed by atoms with Crippen LogP contribution in [0.4, 0.5) is 24.7 Å². The highest BCUT2D eigenvalue weighted by Crippen LogP contribution is 2.37. The van der Waals surface area contributed by atoms with Crippen LogP contribution >= 0.6 is 0 Å². The van der Waals surface area contributed by atoms with Gasteiger partial charge in [0, 0.05) is 30.7 Å². The van der Waals surface area contributed by atoms with Gasteiger partial charge in [0.15, 0.2) is 6.10 Å². The second-order valence-corrected chi connectivity index (χ2v) is 14.9. The molecule has 5 rings (SSSR count). The summed E-state index contributed by atoms with van der Waals surface area (Å²) in [6.07, 6.45) is 4.93. The van der Waals surface area contributed by atoms with Gasteiger partial charge in [-0.3, -0.25) is 4.79 Å². The summed E-state index contributed by atoms with van der Waals surface area (Å²) >= 11 is 0. The molecule has 0 spiro atoms. The number of rotatable bonds is 16. The molecule has 1 unspecified atom stereocenters. The van der Waals surface area contributed by atoms with Gasteiger partial charge in [-0.1, -0.05) is 76.1 Å². The molecule has 1 saturated heterocycles. The minimum Gasteiger partial charge on any atom is -0.507 e. The molecule has 0 bridgehead atoms. The van der Waals surface area contributed by atoms with E-state index in [9.17, 15) is 36.6 Å². The van der Waals surface area contributed by atoms with E-state index in [-0.39, 0.29) is 16.4 Å². The Morgan fingerprint density at radius 2 is 1.52 bits per heavy atom. The van der Waals surface area contributed by atoms with E-state index in [0.29, 0.717) is 42.7 Å². The second kappa shape index (κ2) is 18.9. The Labute approximate surface area is 304 Å². The Balaban J connectivity index is 0.000000236. The lowest BCUT2D eigenvalue weighted by Gasteiger charge is -2.32. The minimum atomic E-state index is -4.34. The van der Waals surface area contributed by atoms with Gasteiger partial charge in [0.25, 0.3) is 10.0 Å². The average Bonchev–Trinajstić information content (AvgIpc) is 3.54. The predicted octanol–water partition coefficient (Wildman–Crippen LogP) is 9.45. The highest BCUT2D eigenvalue weighted by molar-refractivity contribution is 7.90. The molecule has 1 aliphatic heterocycles. The highest BCUT2D eigenvalue weighted by atomic mass is 32.2. The first-order chi connectivity index (χ1) is 24.8. The normalized spacial score (nSPS) is 14.4. The monoisotopic (exact) mass is 745 g/mol. The van der Waals surface area contributed by atoms with E-state index >= 15 is 0 Å². The molecule has 1 fully saturated rings. The number of hydrogen-bond acceptors (Lipinski definition) is 7. The van der Waals surface area contributed by atoms with E-state index in [1.165, 1.54) is 67.1 Å². The van der Waals surface area contributed by atoms with Crippen molar-refractivity contribution in [3.63, 3.8) is 0 Å². The van der Waals surface area contributed by atoms with Crippen molar-refractivity contribution in [2.45, 2.75) is 95.2 Å². The zero-order chi connectivity index (χ0) is 37.7. The van der Waals surface area contributed by atoms with Crippen LogP contribution in [0.25, 0.3) is 10.9 Å². The molecule has 1 aromatic heterocycles. The average molecular weight is 746 g/mol. The molecule has 0 saturated carbocycles. The van der Waals surface area contributed by atoms with Gasteiger partial charge < -0.3 is 25.2 Å². The number of aromatic nitrogens is 1. The van der Waals surface area contributed by atoms with Crippen LogP contribution in [0.1, 0.15) is 78.1 Å². The summed E-state index contributed by atoms with van der Waals surface area (Å²) in [5, 5.41) is 23.2. The molecule has 1 atom stereocenters. The van der Waals surface area contributed by atoms with Crippen LogP contribution < -0.4 is 15.0 Å². The van der Waals surface area contributed by atoms with Crippen LogP contribution in [0.5, 0.6) is 11.5 Å². The number of nitrogens with one attached hydrogen (secondary N) is 1. The molecular weight excluding hydrogens is 696 g/mol. The molecule has 13 heteroatoms. The van der Waals surface area contributed by atoms with Crippen LogP contribution in [-0.2, 0) is 14.8 Å². The summed E-state index contributed by atoms with van der Waals surface area (Å²) in [6.45, 7) is 4.97. The molecule has 9 nitrogen and oxygen atoms in total. The van der Waals surface area contributed by atoms with Crippen molar-refractivity contribution >= 4 is 38.4 Å². The number of aromatic hydroxyl groups is 1. The van der Waals surface area contributed by atoms with Crippen molar-refractivity contribution in [1.82, 2.24) is 3.97 Å². The van der Waals surface area contributed by atoms with E-state index in [4.69, 9.17) is 4.74 Å². The lowest BCUT2D eigenvalue weighted by molar-refractivity contribution is -0.189. The molecular formula is C39H50F3N3O6S. The fraction of sp³-hybridized carbons (Fsp3) is 0.462. The molecule has 284 valence electrons. The first-order valence-electron chi connectivity index (χ1n) is 18.0. The van der Waals surface area contributed by atoms with E-state index in [0.717, 1.165) is 25.6 Å². The number of fused-ring (bicyclic) bond motifs is 1. The van der Waals surface area contributed by atoms with Gasteiger partial charge in [-0.05, 0) is 80.8 Å². The third kappa shape index (κ3) is 11.1. The maximum Gasteiger partial charge on any atom is 0.425 e. The number of ether oxygens (including phenoxy) is 1. The van der Waals surface area contributed by atoms with Crippen LogP contribution in [-0.4, -0.2) is 60.5 Å². The Morgan fingerprint density at radius 3 is 2.12 bits per heavy atom. The van der Waals surface area contributed by atoms with Gasteiger partial charge >= 0.3 is 12.1 Å². The van der Waals surface area contributed by atoms with Crippen molar-refractivity contribution < 1.29 is 41.3 Å². The van der Waals surface area contributed by atoms with Gasteiger partial charge in [0.1, 0.15) is 17.3 Å². The number of piperidine rings is 1. The topological polar surface area (TPSA) is 121 Å². The summed E-state index contributed by atoms with van der Waals surface area (Å²) < 4.78 is 70.3. The van der Waals surface area contributed by atoms with E-state index < -0.39 is 34.2 Å². The van der Waals surface area contributed by atoms with Crippen LogP contribution in [0.2, 0.25) is 0 Å². The molecule has 0 amide bonds. The van der Waals surface area contributed by atoms with Crippen molar-refractivity contribution in [1.29, 1.82) is 0 Å². The Morgan fingerprint density at radius 1 is 0.904 bits per heavy atom. The largest absolute Gasteiger partial charge is 0.507 e. The number of aliphatic carboxylic acids is 1. The molecule has 0 aliphatic carbocycles. The summed E-state index contributed by atoms with van der Waals surface area (Å²) in [4.78, 5) is 13.3. The number of halogens is 3. The molecule has 1 aliphatic rings. The van der Waals surface area contributed by atoms with Crippen molar-refractivity contribution in [2.24, 2.45) is 5.92 Å². The van der Waals surface area contributed by atoms with Crippen molar-refractivity contribution in [3.05, 3.63) is 78.9 Å². The molecule has 4 aromatic rings. The number of carboxylic acid groups (broad SMARTS) is 1. The number of alkyl halides is 3. The smallest absolute Gasteiger partial charge is 0.425 e. The minimum absolute atomic E-state index is 0.00110. The third-order valence-corrected chi connectivity index (χ3v) is 10.9. The fourth-order valence-corrected chi connectivity index (χ4v) is 7.66. The standard InChI is InChI=1S/C20H20N2O5S.C19H30F3NO/c23-18-8-4-7-17-16(18)13-19(21-11-9-14(10-12-21)20(24)25)22(17)28(26,27)15-5-2-1-3-6-15;1-3-4-5-6-7-8-9-10-15-23-17-11-13-18(14-12-17)24-16(2)19(20,21)22/h1-8,13-14,23H,9-12H2,(H,24,25);11-14,16,23H,3-10,15H2,1-2H3. The van der Waals surface area contributed by atoms with Gasteiger partial charge in [-0.25, -0.2) is 12.4 Å². The van der Waals surface area contributed by atoms with E-state index in [2.05, 4.69) is 12.2 Å². The third-order valence-electron chi connectivity index (χ3n) is 9.20.